The summed E-state index contributed by atoms with van der Waals surface area (Å²) in [6, 6.07) is 0.817. The molecule has 1 nitrogen and oxygen atoms in total. The molecule has 80 valence electrons. The van der Waals surface area contributed by atoms with Crippen LogP contribution in [0.25, 0.3) is 0 Å². The van der Waals surface area contributed by atoms with Crippen molar-refractivity contribution >= 4 is 0 Å². The molecule has 1 fully saturated rings. The lowest BCUT2D eigenvalue weighted by Crippen LogP contribution is -2.31. The van der Waals surface area contributed by atoms with Gasteiger partial charge in [-0.2, -0.15) is 0 Å². The summed E-state index contributed by atoms with van der Waals surface area (Å²) in [5, 5.41) is 0. The van der Waals surface area contributed by atoms with Crippen LogP contribution in [0.2, 0.25) is 0 Å². The van der Waals surface area contributed by atoms with Crippen LogP contribution in [0.3, 0.4) is 0 Å². The maximum Gasteiger partial charge on any atom is 0.00693 e. The van der Waals surface area contributed by atoms with Crippen LogP contribution >= 0.6 is 0 Å². The van der Waals surface area contributed by atoms with Crippen molar-refractivity contribution in [3.05, 3.63) is 0 Å². The van der Waals surface area contributed by atoms with Gasteiger partial charge in [0.2, 0.25) is 0 Å². The molecule has 0 aliphatic carbocycles. The molecule has 0 aromatic rings. The van der Waals surface area contributed by atoms with E-state index >= 15 is 0 Å². The fraction of sp³-hybridized carbons (Fsp3) is 1.00. The van der Waals surface area contributed by atoms with E-state index in [1.807, 2.05) is 13.8 Å². The summed E-state index contributed by atoms with van der Waals surface area (Å²) in [6.07, 6.45) is 4.20. The predicted octanol–water partition coefficient (Wildman–Crippen LogP) is 3.54. The number of hydrogen-bond donors (Lipinski definition) is 0. The van der Waals surface area contributed by atoms with Gasteiger partial charge in [0, 0.05) is 6.04 Å². The van der Waals surface area contributed by atoms with E-state index in [-0.39, 0.29) is 0 Å². The normalized spacial score (nSPS) is 19.8. The van der Waals surface area contributed by atoms with Crippen molar-refractivity contribution in [2.75, 3.05) is 13.1 Å². The first-order valence-corrected chi connectivity index (χ1v) is 5.94. The summed E-state index contributed by atoms with van der Waals surface area (Å²) in [4.78, 5) is 2.62. The van der Waals surface area contributed by atoms with Gasteiger partial charge in [-0.25, -0.2) is 0 Å². The highest BCUT2D eigenvalue weighted by Gasteiger charge is 2.18. The Labute approximate surface area is 84.5 Å². The van der Waals surface area contributed by atoms with E-state index in [4.69, 9.17) is 0 Å². The summed E-state index contributed by atoms with van der Waals surface area (Å²) >= 11 is 0. The van der Waals surface area contributed by atoms with Crippen LogP contribution in [-0.4, -0.2) is 24.0 Å². The minimum absolute atomic E-state index is 0.817. The van der Waals surface area contributed by atoms with Gasteiger partial charge in [-0.05, 0) is 45.2 Å². The fourth-order valence-corrected chi connectivity index (χ4v) is 2.01. The lowest BCUT2D eigenvalue weighted by atomic mass is 10.0. The van der Waals surface area contributed by atoms with E-state index in [0.717, 1.165) is 12.0 Å². The Bertz CT molecular complexity index is 104. The predicted molar refractivity (Wildman–Crippen MR) is 61.1 cm³/mol. The standard InChI is InChI=1S/C10H21N.C2H6/c1-9(2)8-10(3)11-6-4-5-7-11;1-2/h9-10H,4-8H2,1-3H3;1-2H3. The average molecular weight is 185 g/mol. The highest BCUT2D eigenvalue weighted by atomic mass is 15.2. The molecular formula is C12H27N. The maximum atomic E-state index is 2.62. The highest BCUT2D eigenvalue weighted by molar-refractivity contribution is 4.73. The van der Waals surface area contributed by atoms with Gasteiger partial charge in [-0.1, -0.05) is 27.7 Å². The first kappa shape index (κ1) is 13.0. The Morgan fingerprint density at radius 3 is 1.85 bits per heavy atom. The molecule has 1 aliphatic heterocycles. The molecule has 0 aromatic heterocycles. The number of hydrogen-bond acceptors (Lipinski definition) is 1. The Morgan fingerprint density at radius 1 is 1.00 bits per heavy atom. The molecule has 1 rings (SSSR count). The minimum atomic E-state index is 0.817. The van der Waals surface area contributed by atoms with Crippen molar-refractivity contribution in [2.45, 2.75) is 59.9 Å². The molecule has 0 saturated carbocycles. The van der Waals surface area contributed by atoms with Crippen LogP contribution in [0.15, 0.2) is 0 Å². The largest absolute Gasteiger partial charge is 0.301 e. The zero-order valence-corrected chi connectivity index (χ0v) is 10.1. The molecule has 1 aliphatic rings. The SMILES string of the molecule is CC.CC(C)CC(C)N1CCCC1. The average Bonchev–Trinajstić information content (AvgIpc) is 2.58. The lowest BCUT2D eigenvalue weighted by molar-refractivity contribution is 0.229. The van der Waals surface area contributed by atoms with Crippen LogP contribution in [-0.2, 0) is 0 Å². The molecule has 0 amide bonds. The van der Waals surface area contributed by atoms with E-state index in [1.54, 1.807) is 0 Å². The number of likely N-dealkylation sites (tertiary alicyclic amines) is 1. The van der Waals surface area contributed by atoms with Crippen molar-refractivity contribution in [2.24, 2.45) is 5.92 Å². The van der Waals surface area contributed by atoms with Crippen LogP contribution in [0, 0.1) is 5.92 Å². The van der Waals surface area contributed by atoms with Gasteiger partial charge in [0.25, 0.3) is 0 Å². The summed E-state index contributed by atoms with van der Waals surface area (Å²) in [7, 11) is 0. The molecule has 0 aromatic carbocycles. The van der Waals surface area contributed by atoms with Gasteiger partial charge < -0.3 is 4.90 Å². The molecule has 13 heavy (non-hydrogen) atoms. The molecule has 1 unspecified atom stereocenters. The monoisotopic (exact) mass is 185 g/mol. The van der Waals surface area contributed by atoms with E-state index in [0.29, 0.717) is 0 Å². The lowest BCUT2D eigenvalue weighted by Gasteiger charge is -2.24. The number of nitrogens with zero attached hydrogens (tertiary/aromatic N) is 1. The Balaban J connectivity index is 0.000000671. The van der Waals surface area contributed by atoms with Crippen LogP contribution in [0.5, 0.6) is 0 Å². The Morgan fingerprint density at radius 2 is 1.46 bits per heavy atom. The van der Waals surface area contributed by atoms with Gasteiger partial charge >= 0.3 is 0 Å². The molecule has 1 heterocycles. The third kappa shape index (κ3) is 5.30. The van der Waals surface area contributed by atoms with Gasteiger partial charge in [0.05, 0.1) is 0 Å². The molecule has 0 bridgehead atoms. The molecular weight excluding hydrogens is 158 g/mol. The molecule has 0 N–H and O–H groups in total. The van der Waals surface area contributed by atoms with Crippen LogP contribution < -0.4 is 0 Å². The fourth-order valence-electron chi connectivity index (χ4n) is 2.01. The second-order valence-corrected chi connectivity index (χ2v) is 4.22. The Hall–Kier alpha value is -0.0400. The maximum absolute atomic E-state index is 2.62. The number of rotatable bonds is 3. The second kappa shape index (κ2) is 7.37. The zero-order valence-electron chi connectivity index (χ0n) is 10.1. The van der Waals surface area contributed by atoms with Gasteiger partial charge in [0.15, 0.2) is 0 Å². The molecule has 0 radical (unpaired) electrons. The highest BCUT2D eigenvalue weighted by Crippen LogP contribution is 2.16. The van der Waals surface area contributed by atoms with Gasteiger partial charge in [0.1, 0.15) is 0 Å². The van der Waals surface area contributed by atoms with Crippen LogP contribution in [0.4, 0.5) is 0 Å². The van der Waals surface area contributed by atoms with E-state index < -0.39 is 0 Å². The van der Waals surface area contributed by atoms with Crippen LogP contribution in [0.1, 0.15) is 53.9 Å². The van der Waals surface area contributed by atoms with E-state index in [2.05, 4.69) is 25.7 Å². The zero-order chi connectivity index (χ0) is 10.3. The van der Waals surface area contributed by atoms with Crippen molar-refractivity contribution in [1.29, 1.82) is 0 Å². The minimum Gasteiger partial charge on any atom is -0.301 e. The molecule has 1 atom stereocenters. The second-order valence-electron chi connectivity index (χ2n) is 4.22. The van der Waals surface area contributed by atoms with Crippen molar-refractivity contribution < 1.29 is 0 Å². The first-order chi connectivity index (χ1) is 6.20. The smallest absolute Gasteiger partial charge is 0.00693 e. The third-order valence-electron chi connectivity index (χ3n) is 2.58. The van der Waals surface area contributed by atoms with E-state index in [9.17, 15) is 0 Å². The summed E-state index contributed by atoms with van der Waals surface area (Å²) in [5.41, 5.74) is 0. The molecule has 0 spiro atoms. The van der Waals surface area contributed by atoms with Gasteiger partial charge in [-0.15, -0.1) is 0 Å². The molecule has 1 saturated heterocycles. The quantitative estimate of drug-likeness (QED) is 0.650. The summed E-state index contributed by atoms with van der Waals surface area (Å²) in [5.74, 6) is 0.852. The van der Waals surface area contributed by atoms with Crippen molar-refractivity contribution in [3.63, 3.8) is 0 Å². The topological polar surface area (TPSA) is 3.24 Å². The molecule has 1 heteroatoms. The summed E-state index contributed by atoms with van der Waals surface area (Å²) in [6.45, 7) is 13.7. The Kier molecular flexibility index (Phi) is 7.35. The first-order valence-electron chi connectivity index (χ1n) is 5.94. The van der Waals surface area contributed by atoms with E-state index in [1.165, 1.54) is 32.4 Å². The summed E-state index contributed by atoms with van der Waals surface area (Å²) < 4.78 is 0. The van der Waals surface area contributed by atoms with Crippen molar-refractivity contribution in [1.82, 2.24) is 4.90 Å². The third-order valence-corrected chi connectivity index (χ3v) is 2.58. The van der Waals surface area contributed by atoms with Crippen molar-refractivity contribution in [3.8, 4) is 0 Å². The van der Waals surface area contributed by atoms with Gasteiger partial charge in [-0.3, -0.25) is 0 Å².